The molecule has 2 amide bonds. The number of aromatic nitrogens is 2. The lowest BCUT2D eigenvalue weighted by Crippen LogP contribution is -2.41. The molecule has 0 spiro atoms. The standard InChI is InChI=1S/C29H30N4O4S2/c1-19-16-20(2)31-29(30-19)39-18-26(34)33(17-21-7-11-23(36-3)12-8-21)27(25-6-5-15-38-25)28(35)32-22-9-13-24(37-4)14-10-22/h5-16,27H,17-18H2,1-4H3,(H,32,35). The van der Waals surface area contributed by atoms with E-state index in [0.717, 1.165) is 21.8 Å². The van der Waals surface area contributed by atoms with Crippen molar-refractivity contribution >= 4 is 40.6 Å². The largest absolute Gasteiger partial charge is 0.497 e. The minimum atomic E-state index is -0.845. The summed E-state index contributed by atoms with van der Waals surface area (Å²) in [5, 5.41) is 5.40. The number of rotatable bonds is 11. The lowest BCUT2D eigenvalue weighted by atomic mass is 10.1. The lowest BCUT2D eigenvalue weighted by Gasteiger charge is -2.30. The van der Waals surface area contributed by atoms with Crippen molar-refractivity contribution < 1.29 is 19.1 Å². The quantitative estimate of drug-likeness (QED) is 0.186. The maximum atomic E-state index is 13.8. The zero-order valence-electron chi connectivity index (χ0n) is 22.2. The molecule has 0 saturated carbocycles. The van der Waals surface area contributed by atoms with Crippen molar-refractivity contribution in [2.75, 3.05) is 25.3 Å². The Hall–Kier alpha value is -3.89. The molecule has 0 aliphatic heterocycles. The third-order valence-corrected chi connectivity index (χ3v) is 7.61. The van der Waals surface area contributed by atoms with Crippen LogP contribution in [0.25, 0.3) is 0 Å². The zero-order valence-corrected chi connectivity index (χ0v) is 23.8. The number of hydrogen-bond donors (Lipinski definition) is 1. The van der Waals surface area contributed by atoms with Crippen LogP contribution < -0.4 is 14.8 Å². The Bertz CT molecular complexity index is 1370. The number of amides is 2. The second-order valence-corrected chi connectivity index (χ2v) is 10.6. The van der Waals surface area contributed by atoms with E-state index in [1.54, 1.807) is 43.4 Å². The summed E-state index contributed by atoms with van der Waals surface area (Å²) in [5.74, 6) is 0.964. The fraction of sp³-hybridized carbons (Fsp3) is 0.241. The van der Waals surface area contributed by atoms with Crippen LogP contribution in [0.1, 0.15) is 27.9 Å². The number of thioether (sulfide) groups is 1. The molecule has 1 unspecified atom stereocenters. The highest BCUT2D eigenvalue weighted by Gasteiger charge is 2.32. The molecule has 8 nitrogen and oxygen atoms in total. The Kier molecular flexibility index (Phi) is 9.56. The van der Waals surface area contributed by atoms with Gasteiger partial charge in [-0.25, -0.2) is 9.97 Å². The highest BCUT2D eigenvalue weighted by molar-refractivity contribution is 7.99. The van der Waals surface area contributed by atoms with Crippen LogP contribution in [0.3, 0.4) is 0 Å². The van der Waals surface area contributed by atoms with Crippen LogP contribution in [-0.2, 0) is 16.1 Å². The summed E-state index contributed by atoms with van der Waals surface area (Å²) in [6, 6.07) is 19.3. The van der Waals surface area contributed by atoms with Gasteiger partial charge < -0.3 is 19.7 Å². The Balaban J connectivity index is 1.64. The van der Waals surface area contributed by atoms with Gasteiger partial charge in [0.25, 0.3) is 5.91 Å². The zero-order chi connectivity index (χ0) is 27.8. The van der Waals surface area contributed by atoms with Crippen molar-refractivity contribution in [1.29, 1.82) is 0 Å². The van der Waals surface area contributed by atoms with Crippen LogP contribution in [0, 0.1) is 13.8 Å². The summed E-state index contributed by atoms with van der Waals surface area (Å²) in [5.41, 5.74) is 3.15. The molecule has 39 heavy (non-hydrogen) atoms. The molecule has 2 aromatic carbocycles. The van der Waals surface area contributed by atoms with Crippen LogP contribution in [-0.4, -0.2) is 46.7 Å². The number of methoxy groups -OCH3 is 2. The predicted molar refractivity (Wildman–Crippen MR) is 154 cm³/mol. The Morgan fingerprint density at radius 2 is 1.56 bits per heavy atom. The third-order valence-electron chi connectivity index (χ3n) is 5.85. The van der Waals surface area contributed by atoms with Crippen LogP contribution >= 0.6 is 23.1 Å². The van der Waals surface area contributed by atoms with Gasteiger partial charge in [-0.1, -0.05) is 30.0 Å². The molecule has 4 aromatic rings. The van der Waals surface area contributed by atoms with Gasteiger partial charge in [-0.15, -0.1) is 11.3 Å². The van der Waals surface area contributed by atoms with Crippen LogP contribution in [0.4, 0.5) is 5.69 Å². The topological polar surface area (TPSA) is 93.7 Å². The number of carbonyl (C=O) groups excluding carboxylic acids is 2. The van der Waals surface area contributed by atoms with Crippen molar-refractivity contribution in [2.45, 2.75) is 31.6 Å². The molecule has 1 atom stereocenters. The monoisotopic (exact) mass is 562 g/mol. The number of thiophene rings is 1. The third kappa shape index (κ3) is 7.58. The first-order chi connectivity index (χ1) is 18.9. The molecule has 0 fully saturated rings. The molecular weight excluding hydrogens is 532 g/mol. The summed E-state index contributed by atoms with van der Waals surface area (Å²) < 4.78 is 10.5. The van der Waals surface area contributed by atoms with E-state index >= 15 is 0 Å². The molecule has 1 N–H and O–H groups in total. The van der Waals surface area contributed by atoms with Crippen molar-refractivity contribution in [3.63, 3.8) is 0 Å². The first-order valence-electron chi connectivity index (χ1n) is 12.2. The fourth-order valence-electron chi connectivity index (χ4n) is 3.97. The minimum absolute atomic E-state index is 0.0801. The SMILES string of the molecule is COc1ccc(CN(C(=O)CSc2nc(C)cc(C)n2)C(C(=O)Nc2ccc(OC)cc2)c2cccs2)cc1. The predicted octanol–water partition coefficient (Wildman–Crippen LogP) is 5.67. The number of carbonyl (C=O) groups is 2. The van der Waals surface area contributed by atoms with Crippen LogP contribution in [0.2, 0.25) is 0 Å². The van der Waals surface area contributed by atoms with Crippen LogP contribution in [0.15, 0.2) is 77.3 Å². The number of anilines is 1. The first kappa shape index (κ1) is 28.1. The number of nitrogens with zero attached hydrogens (tertiary/aromatic N) is 3. The Labute approximate surface area is 236 Å². The molecule has 10 heteroatoms. The molecule has 0 bridgehead atoms. The minimum Gasteiger partial charge on any atom is -0.497 e. The number of benzene rings is 2. The highest BCUT2D eigenvalue weighted by atomic mass is 32.2. The van der Waals surface area contributed by atoms with Gasteiger partial charge in [-0.3, -0.25) is 9.59 Å². The highest BCUT2D eigenvalue weighted by Crippen LogP contribution is 2.30. The maximum Gasteiger partial charge on any atom is 0.252 e. The molecular formula is C29H30N4O4S2. The molecule has 4 rings (SSSR count). The van der Waals surface area contributed by atoms with E-state index in [1.807, 2.05) is 61.7 Å². The summed E-state index contributed by atoms with van der Waals surface area (Å²) >= 11 is 2.69. The van der Waals surface area contributed by atoms with Gasteiger partial charge in [-0.2, -0.15) is 0 Å². The molecule has 0 aliphatic rings. The second kappa shape index (κ2) is 13.3. The molecule has 0 saturated heterocycles. The molecule has 202 valence electrons. The van der Waals surface area contributed by atoms with Crippen molar-refractivity contribution in [3.8, 4) is 11.5 Å². The van der Waals surface area contributed by atoms with Crippen molar-refractivity contribution in [2.24, 2.45) is 0 Å². The van der Waals surface area contributed by atoms with Gasteiger partial charge in [0, 0.05) is 28.5 Å². The second-order valence-electron chi connectivity index (χ2n) is 8.73. The van der Waals surface area contributed by atoms with E-state index < -0.39 is 6.04 Å². The van der Waals surface area contributed by atoms with E-state index in [-0.39, 0.29) is 24.1 Å². The molecule has 0 radical (unpaired) electrons. The molecule has 2 aromatic heterocycles. The van der Waals surface area contributed by atoms with Gasteiger partial charge in [0.2, 0.25) is 5.91 Å². The number of nitrogens with one attached hydrogen (secondary N) is 1. The lowest BCUT2D eigenvalue weighted by molar-refractivity contribution is -0.137. The summed E-state index contributed by atoms with van der Waals surface area (Å²) in [6.07, 6.45) is 0. The number of hydrogen-bond acceptors (Lipinski definition) is 8. The summed E-state index contributed by atoms with van der Waals surface area (Å²) in [4.78, 5) is 38.9. The molecule has 2 heterocycles. The van der Waals surface area contributed by atoms with E-state index in [1.165, 1.54) is 23.1 Å². The average molecular weight is 563 g/mol. The Morgan fingerprint density at radius 3 is 2.13 bits per heavy atom. The van der Waals surface area contributed by atoms with E-state index in [9.17, 15) is 9.59 Å². The van der Waals surface area contributed by atoms with Gasteiger partial charge >= 0.3 is 0 Å². The van der Waals surface area contributed by atoms with Gasteiger partial charge in [0.1, 0.15) is 17.5 Å². The maximum absolute atomic E-state index is 13.8. The van der Waals surface area contributed by atoms with Crippen LogP contribution in [0.5, 0.6) is 11.5 Å². The normalized spacial score (nSPS) is 11.5. The van der Waals surface area contributed by atoms with Gasteiger partial charge in [0.15, 0.2) is 5.16 Å². The Morgan fingerprint density at radius 1 is 0.949 bits per heavy atom. The van der Waals surface area contributed by atoms with E-state index in [4.69, 9.17) is 9.47 Å². The van der Waals surface area contributed by atoms with Crippen molar-refractivity contribution in [3.05, 3.63) is 93.9 Å². The van der Waals surface area contributed by atoms with Gasteiger partial charge in [-0.05, 0) is 73.3 Å². The fourth-order valence-corrected chi connectivity index (χ4v) is 5.64. The number of aryl methyl sites for hydroxylation is 2. The first-order valence-corrected chi connectivity index (χ1v) is 14.1. The summed E-state index contributed by atoms with van der Waals surface area (Å²) in [6.45, 7) is 4.02. The van der Waals surface area contributed by atoms with Crippen molar-refractivity contribution in [1.82, 2.24) is 14.9 Å². The van der Waals surface area contributed by atoms with Gasteiger partial charge in [0.05, 0.1) is 20.0 Å². The average Bonchev–Trinajstić information content (AvgIpc) is 3.46. The smallest absolute Gasteiger partial charge is 0.252 e. The van der Waals surface area contributed by atoms with E-state index in [2.05, 4.69) is 15.3 Å². The van der Waals surface area contributed by atoms with E-state index in [0.29, 0.717) is 22.3 Å². The summed E-state index contributed by atoms with van der Waals surface area (Å²) in [7, 11) is 3.19. The molecule has 0 aliphatic carbocycles. The number of ether oxygens (including phenoxy) is 2.